The SMILES string of the molecule is CCc1noc(CC)c1CNC(=NC)NCC(c1ccco1)N(C)C.I. The largest absolute Gasteiger partial charge is 0.468 e. The van der Waals surface area contributed by atoms with Crippen molar-refractivity contribution in [1.29, 1.82) is 0 Å². The minimum Gasteiger partial charge on any atom is -0.468 e. The highest BCUT2D eigenvalue weighted by molar-refractivity contribution is 14.0. The minimum absolute atomic E-state index is 0. The molecule has 0 aromatic carbocycles. The molecule has 146 valence electrons. The van der Waals surface area contributed by atoms with Crippen molar-refractivity contribution in [2.45, 2.75) is 39.3 Å². The van der Waals surface area contributed by atoms with Crippen LogP contribution in [0.1, 0.15) is 42.7 Å². The molecule has 0 spiro atoms. The molecule has 26 heavy (non-hydrogen) atoms. The Hall–Kier alpha value is -1.55. The molecule has 2 aromatic heterocycles. The fourth-order valence-electron chi connectivity index (χ4n) is 2.74. The second kappa shape index (κ2) is 11.2. The van der Waals surface area contributed by atoms with Crippen LogP contribution in [-0.4, -0.2) is 43.7 Å². The molecule has 0 amide bonds. The van der Waals surface area contributed by atoms with Crippen molar-refractivity contribution in [3.63, 3.8) is 0 Å². The molecule has 0 saturated carbocycles. The van der Waals surface area contributed by atoms with Crippen molar-refractivity contribution in [2.75, 3.05) is 27.7 Å². The maximum absolute atomic E-state index is 5.54. The molecule has 0 saturated heterocycles. The topological polar surface area (TPSA) is 78.8 Å². The third-order valence-corrected chi connectivity index (χ3v) is 4.22. The Morgan fingerprint density at radius 1 is 1.27 bits per heavy atom. The zero-order valence-electron chi connectivity index (χ0n) is 16.2. The van der Waals surface area contributed by atoms with Gasteiger partial charge in [0.25, 0.3) is 0 Å². The fraction of sp³-hybridized carbons (Fsp3) is 0.556. The summed E-state index contributed by atoms with van der Waals surface area (Å²) in [6.45, 7) is 5.48. The number of aromatic nitrogens is 1. The molecule has 0 radical (unpaired) electrons. The third kappa shape index (κ3) is 5.73. The monoisotopic (exact) mass is 475 g/mol. The summed E-state index contributed by atoms with van der Waals surface area (Å²) in [6, 6.07) is 4.02. The van der Waals surface area contributed by atoms with Crippen molar-refractivity contribution >= 4 is 29.9 Å². The molecule has 0 aliphatic rings. The van der Waals surface area contributed by atoms with Crippen LogP contribution in [-0.2, 0) is 19.4 Å². The average molecular weight is 475 g/mol. The van der Waals surface area contributed by atoms with Gasteiger partial charge in [0.2, 0.25) is 0 Å². The third-order valence-electron chi connectivity index (χ3n) is 4.22. The van der Waals surface area contributed by atoms with E-state index in [1.54, 1.807) is 13.3 Å². The van der Waals surface area contributed by atoms with Crippen LogP contribution in [0.5, 0.6) is 0 Å². The second-order valence-corrected chi connectivity index (χ2v) is 6.04. The van der Waals surface area contributed by atoms with Crippen LogP contribution < -0.4 is 10.6 Å². The summed E-state index contributed by atoms with van der Waals surface area (Å²) in [5, 5.41) is 10.9. The van der Waals surface area contributed by atoms with Gasteiger partial charge in [0.1, 0.15) is 11.5 Å². The van der Waals surface area contributed by atoms with Crippen molar-refractivity contribution in [1.82, 2.24) is 20.7 Å². The molecule has 0 aliphatic heterocycles. The van der Waals surface area contributed by atoms with Gasteiger partial charge in [-0.05, 0) is 32.6 Å². The molecular weight excluding hydrogens is 445 g/mol. The van der Waals surface area contributed by atoms with E-state index in [-0.39, 0.29) is 30.0 Å². The summed E-state index contributed by atoms with van der Waals surface area (Å²) in [4.78, 5) is 6.42. The standard InChI is InChI=1S/C18H29N5O2.HI/c1-6-14-13(16(7-2)25-22-14)11-20-18(19-3)21-12-15(23(4)5)17-9-8-10-24-17;/h8-10,15H,6-7,11-12H2,1-5H3,(H2,19,20,21);1H. The number of rotatable bonds is 8. The molecular formula is C18H30IN5O2. The number of hydrogen-bond acceptors (Lipinski definition) is 5. The summed E-state index contributed by atoms with van der Waals surface area (Å²) in [7, 11) is 5.83. The predicted octanol–water partition coefficient (Wildman–Crippen LogP) is 2.98. The normalized spacial score (nSPS) is 12.8. The van der Waals surface area contributed by atoms with Crippen LogP contribution in [0.4, 0.5) is 0 Å². The average Bonchev–Trinajstić information content (AvgIpc) is 3.26. The van der Waals surface area contributed by atoms with Gasteiger partial charge < -0.3 is 19.6 Å². The van der Waals surface area contributed by atoms with Gasteiger partial charge in [0, 0.05) is 32.1 Å². The smallest absolute Gasteiger partial charge is 0.191 e. The van der Waals surface area contributed by atoms with Gasteiger partial charge in [0.05, 0.1) is 18.0 Å². The molecule has 2 heterocycles. The Labute approximate surface area is 172 Å². The van der Waals surface area contributed by atoms with Crippen LogP contribution in [0.2, 0.25) is 0 Å². The zero-order chi connectivity index (χ0) is 18.2. The van der Waals surface area contributed by atoms with Crippen molar-refractivity contribution in [2.24, 2.45) is 4.99 Å². The number of hydrogen-bond donors (Lipinski definition) is 2. The molecule has 0 bridgehead atoms. The number of nitrogens with one attached hydrogen (secondary N) is 2. The Morgan fingerprint density at radius 3 is 2.58 bits per heavy atom. The van der Waals surface area contributed by atoms with Crippen LogP contribution in [0.3, 0.4) is 0 Å². The van der Waals surface area contributed by atoms with Crippen LogP contribution in [0, 0.1) is 0 Å². The highest BCUT2D eigenvalue weighted by Gasteiger charge is 2.18. The summed E-state index contributed by atoms with van der Waals surface area (Å²) in [5.41, 5.74) is 2.13. The number of likely N-dealkylation sites (N-methyl/N-ethyl adjacent to an activating group) is 1. The molecule has 0 fully saturated rings. The summed E-state index contributed by atoms with van der Waals surface area (Å²) < 4.78 is 11.0. The summed E-state index contributed by atoms with van der Waals surface area (Å²) in [5.74, 6) is 2.60. The lowest BCUT2D eigenvalue weighted by atomic mass is 10.1. The predicted molar refractivity (Wildman–Crippen MR) is 114 cm³/mol. The molecule has 1 unspecified atom stereocenters. The van der Waals surface area contributed by atoms with E-state index in [2.05, 4.69) is 39.5 Å². The van der Waals surface area contributed by atoms with Crippen LogP contribution >= 0.6 is 24.0 Å². The molecule has 2 aromatic rings. The van der Waals surface area contributed by atoms with Crippen LogP contribution in [0.15, 0.2) is 32.3 Å². The van der Waals surface area contributed by atoms with E-state index in [0.29, 0.717) is 13.1 Å². The van der Waals surface area contributed by atoms with Gasteiger partial charge in [-0.3, -0.25) is 9.89 Å². The first-order valence-electron chi connectivity index (χ1n) is 8.71. The number of aryl methyl sites for hydroxylation is 2. The highest BCUT2D eigenvalue weighted by Crippen LogP contribution is 2.18. The first kappa shape index (κ1) is 22.5. The van der Waals surface area contributed by atoms with Gasteiger partial charge in [-0.1, -0.05) is 19.0 Å². The number of nitrogens with zero attached hydrogens (tertiary/aromatic N) is 3. The fourth-order valence-corrected chi connectivity index (χ4v) is 2.74. The minimum atomic E-state index is 0. The van der Waals surface area contributed by atoms with Crippen molar-refractivity contribution in [3.8, 4) is 0 Å². The maximum atomic E-state index is 5.54. The van der Waals surface area contributed by atoms with E-state index in [0.717, 1.165) is 41.6 Å². The number of guanidine groups is 1. The van der Waals surface area contributed by atoms with E-state index in [1.165, 1.54) is 0 Å². The second-order valence-electron chi connectivity index (χ2n) is 6.04. The van der Waals surface area contributed by atoms with E-state index in [1.807, 2.05) is 26.2 Å². The summed E-state index contributed by atoms with van der Waals surface area (Å²) >= 11 is 0. The van der Waals surface area contributed by atoms with Crippen molar-refractivity contribution < 1.29 is 8.94 Å². The van der Waals surface area contributed by atoms with Crippen LogP contribution in [0.25, 0.3) is 0 Å². The van der Waals surface area contributed by atoms with Crippen molar-refractivity contribution in [3.05, 3.63) is 41.2 Å². The highest BCUT2D eigenvalue weighted by atomic mass is 127. The van der Waals surface area contributed by atoms with E-state index < -0.39 is 0 Å². The summed E-state index contributed by atoms with van der Waals surface area (Å²) in [6.07, 6.45) is 3.38. The lowest BCUT2D eigenvalue weighted by molar-refractivity contribution is 0.258. The Morgan fingerprint density at radius 2 is 2.04 bits per heavy atom. The molecule has 2 rings (SSSR count). The maximum Gasteiger partial charge on any atom is 0.191 e. The molecule has 2 N–H and O–H groups in total. The van der Waals surface area contributed by atoms with E-state index in [9.17, 15) is 0 Å². The lowest BCUT2D eigenvalue weighted by Crippen LogP contribution is -2.41. The molecule has 7 nitrogen and oxygen atoms in total. The molecule has 8 heteroatoms. The molecule has 1 atom stereocenters. The zero-order valence-corrected chi connectivity index (χ0v) is 18.5. The first-order chi connectivity index (χ1) is 12.1. The number of furan rings is 1. The Balaban J connectivity index is 0.00000338. The van der Waals surface area contributed by atoms with Gasteiger partial charge in [-0.2, -0.15) is 0 Å². The molecule has 0 aliphatic carbocycles. The number of aliphatic imine (C=N–C) groups is 1. The Bertz CT molecular complexity index is 646. The number of halogens is 1. The van der Waals surface area contributed by atoms with Gasteiger partial charge >= 0.3 is 0 Å². The van der Waals surface area contributed by atoms with E-state index in [4.69, 9.17) is 8.94 Å². The quantitative estimate of drug-likeness (QED) is 0.347. The van der Waals surface area contributed by atoms with E-state index >= 15 is 0 Å². The first-order valence-corrected chi connectivity index (χ1v) is 8.71. The Kier molecular flexibility index (Phi) is 9.71. The van der Waals surface area contributed by atoms with Gasteiger partial charge in [-0.15, -0.1) is 24.0 Å². The van der Waals surface area contributed by atoms with Gasteiger partial charge in [0.15, 0.2) is 5.96 Å². The van der Waals surface area contributed by atoms with Gasteiger partial charge in [-0.25, -0.2) is 0 Å². The lowest BCUT2D eigenvalue weighted by Gasteiger charge is -2.23.